The lowest BCUT2D eigenvalue weighted by Gasteiger charge is -2.31. The average molecular weight is 331 g/mol. The summed E-state index contributed by atoms with van der Waals surface area (Å²) in [5.41, 5.74) is 1.03. The topological polar surface area (TPSA) is 46.6 Å². The quantitative estimate of drug-likeness (QED) is 0.565. The Morgan fingerprint density at radius 2 is 1.75 bits per heavy atom. The zero-order valence-electron chi connectivity index (χ0n) is 14.7. The zero-order chi connectivity index (χ0) is 17.2. The van der Waals surface area contributed by atoms with Gasteiger partial charge in [-0.25, -0.2) is 0 Å². The molecule has 0 heterocycles. The molecule has 1 saturated carbocycles. The predicted molar refractivity (Wildman–Crippen MR) is 94.6 cm³/mol. The highest BCUT2D eigenvalue weighted by molar-refractivity contribution is 5.80. The number of carbonyl (C=O) groups is 2. The molecule has 1 aliphatic rings. The third kappa shape index (κ3) is 5.99. The van der Waals surface area contributed by atoms with Gasteiger partial charge >= 0.3 is 5.97 Å². The highest BCUT2D eigenvalue weighted by atomic mass is 16.5. The van der Waals surface area contributed by atoms with Crippen molar-refractivity contribution in [2.24, 2.45) is 0 Å². The van der Waals surface area contributed by atoms with Gasteiger partial charge in [-0.2, -0.15) is 0 Å². The summed E-state index contributed by atoms with van der Waals surface area (Å²) < 4.78 is 5.03. The summed E-state index contributed by atoms with van der Waals surface area (Å²) in [7, 11) is 0. The molecule has 4 nitrogen and oxygen atoms in total. The van der Waals surface area contributed by atoms with Crippen LogP contribution in [0.1, 0.15) is 57.4 Å². The number of hydrogen-bond donors (Lipinski definition) is 0. The van der Waals surface area contributed by atoms with E-state index in [1.54, 1.807) is 0 Å². The van der Waals surface area contributed by atoms with Crippen LogP contribution in [0.25, 0.3) is 0 Å². The molecule has 4 heteroatoms. The highest BCUT2D eigenvalue weighted by Gasteiger charge is 2.25. The van der Waals surface area contributed by atoms with E-state index in [9.17, 15) is 9.59 Å². The van der Waals surface area contributed by atoms with Gasteiger partial charge in [-0.3, -0.25) is 9.59 Å². The van der Waals surface area contributed by atoms with Crippen LogP contribution in [0, 0.1) is 0 Å². The van der Waals surface area contributed by atoms with Gasteiger partial charge in [-0.1, -0.05) is 56.0 Å². The molecule has 1 aromatic rings. The van der Waals surface area contributed by atoms with Crippen LogP contribution in [0.5, 0.6) is 0 Å². The molecule has 1 amide bonds. The summed E-state index contributed by atoms with van der Waals surface area (Å²) >= 11 is 0. The summed E-state index contributed by atoms with van der Waals surface area (Å²) in [6, 6.07) is 10.1. The fourth-order valence-electron chi connectivity index (χ4n) is 3.40. The van der Waals surface area contributed by atoms with E-state index in [0.29, 0.717) is 19.6 Å². The van der Waals surface area contributed by atoms with E-state index in [0.717, 1.165) is 18.4 Å². The van der Waals surface area contributed by atoms with Crippen molar-refractivity contribution in [3.05, 3.63) is 35.9 Å². The molecule has 1 fully saturated rings. The lowest BCUT2D eigenvalue weighted by Crippen LogP contribution is -2.42. The average Bonchev–Trinajstić information content (AvgIpc) is 2.85. The van der Waals surface area contributed by atoms with Crippen molar-refractivity contribution in [3.63, 3.8) is 0 Å². The first kappa shape index (κ1) is 18.5. The Morgan fingerprint density at radius 3 is 2.38 bits per heavy atom. The van der Waals surface area contributed by atoms with Crippen LogP contribution in [-0.2, 0) is 20.7 Å². The molecule has 132 valence electrons. The number of esters is 1. The molecule has 1 aromatic carbocycles. The number of benzene rings is 1. The molecule has 2 rings (SSSR count). The second-order valence-electron chi connectivity index (χ2n) is 6.45. The minimum atomic E-state index is -0.219. The van der Waals surface area contributed by atoms with Gasteiger partial charge in [0, 0.05) is 12.6 Å². The van der Waals surface area contributed by atoms with Crippen molar-refractivity contribution in [2.75, 3.05) is 13.2 Å². The first-order chi connectivity index (χ1) is 11.7. The summed E-state index contributed by atoms with van der Waals surface area (Å²) in [5, 5.41) is 0. The molecule has 0 aliphatic heterocycles. The van der Waals surface area contributed by atoms with E-state index in [1.165, 1.54) is 25.7 Å². The van der Waals surface area contributed by atoms with Gasteiger partial charge in [0.1, 0.15) is 0 Å². The highest BCUT2D eigenvalue weighted by Crippen LogP contribution is 2.23. The second-order valence-corrected chi connectivity index (χ2v) is 6.45. The Hall–Kier alpha value is -1.84. The third-order valence-electron chi connectivity index (χ3n) is 4.65. The van der Waals surface area contributed by atoms with Crippen molar-refractivity contribution in [1.29, 1.82) is 0 Å². The van der Waals surface area contributed by atoms with Crippen molar-refractivity contribution in [1.82, 2.24) is 4.90 Å². The molecule has 24 heavy (non-hydrogen) atoms. The van der Waals surface area contributed by atoms with E-state index in [-0.39, 0.29) is 24.3 Å². The molecule has 0 aromatic heterocycles. The fourth-order valence-corrected chi connectivity index (χ4v) is 3.40. The minimum absolute atomic E-state index is 0.123. The van der Waals surface area contributed by atoms with Crippen molar-refractivity contribution in [3.8, 4) is 0 Å². The third-order valence-corrected chi connectivity index (χ3v) is 4.65. The van der Waals surface area contributed by atoms with Crippen molar-refractivity contribution >= 4 is 11.9 Å². The van der Waals surface area contributed by atoms with Crippen LogP contribution in [0.3, 0.4) is 0 Å². The number of rotatable bonds is 7. The van der Waals surface area contributed by atoms with Crippen LogP contribution < -0.4 is 0 Å². The summed E-state index contributed by atoms with van der Waals surface area (Å²) in [6.07, 6.45) is 7.60. The molecule has 1 aliphatic carbocycles. The van der Waals surface area contributed by atoms with Crippen LogP contribution in [0.15, 0.2) is 30.3 Å². The SMILES string of the molecule is CCOC(=O)CCN(C(=O)Cc1ccccc1)C1CCCCCC1. The molecule has 0 spiro atoms. The lowest BCUT2D eigenvalue weighted by molar-refractivity contribution is -0.144. The number of hydrogen-bond acceptors (Lipinski definition) is 3. The smallest absolute Gasteiger partial charge is 0.307 e. The standard InChI is InChI=1S/C20H29NO3/c1-2-24-20(23)14-15-21(18-12-8-3-4-9-13-18)19(22)16-17-10-6-5-7-11-17/h5-7,10-11,18H,2-4,8-9,12-16H2,1H3. The van der Waals surface area contributed by atoms with Crippen LogP contribution in [-0.4, -0.2) is 36.0 Å². The normalized spacial score (nSPS) is 15.5. The molecule has 0 atom stereocenters. The Morgan fingerprint density at radius 1 is 1.08 bits per heavy atom. The van der Waals surface area contributed by atoms with Gasteiger partial charge in [0.2, 0.25) is 5.91 Å². The molecule has 0 N–H and O–H groups in total. The van der Waals surface area contributed by atoms with Crippen LogP contribution >= 0.6 is 0 Å². The van der Waals surface area contributed by atoms with Crippen molar-refractivity contribution < 1.29 is 14.3 Å². The van der Waals surface area contributed by atoms with E-state index < -0.39 is 0 Å². The van der Waals surface area contributed by atoms with Gasteiger partial charge in [-0.05, 0) is 25.3 Å². The molecule has 0 saturated heterocycles. The summed E-state index contributed by atoms with van der Waals surface area (Å²) in [4.78, 5) is 26.5. The van der Waals surface area contributed by atoms with E-state index in [2.05, 4.69) is 0 Å². The van der Waals surface area contributed by atoms with Crippen LogP contribution in [0.2, 0.25) is 0 Å². The number of ether oxygens (including phenoxy) is 1. The van der Waals surface area contributed by atoms with Gasteiger partial charge in [-0.15, -0.1) is 0 Å². The molecule has 0 unspecified atom stereocenters. The molecule has 0 radical (unpaired) electrons. The minimum Gasteiger partial charge on any atom is -0.466 e. The maximum Gasteiger partial charge on any atom is 0.307 e. The van der Waals surface area contributed by atoms with E-state index >= 15 is 0 Å². The second kappa shape index (κ2) is 10.1. The Bertz CT molecular complexity index is 507. The van der Waals surface area contributed by atoms with E-state index in [1.807, 2.05) is 42.2 Å². The molecular weight excluding hydrogens is 302 g/mol. The Balaban J connectivity index is 2.02. The summed E-state index contributed by atoms with van der Waals surface area (Å²) in [5.74, 6) is -0.0963. The largest absolute Gasteiger partial charge is 0.466 e. The van der Waals surface area contributed by atoms with Gasteiger partial charge in [0.25, 0.3) is 0 Å². The number of nitrogens with zero attached hydrogens (tertiary/aromatic N) is 1. The van der Waals surface area contributed by atoms with Crippen molar-refractivity contribution in [2.45, 2.75) is 64.3 Å². The Kier molecular flexibility index (Phi) is 7.80. The molecular formula is C20H29NO3. The van der Waals surface area contributed by atoms with Gasteiger partial charge in [0.15, 0.2) is 0 Å². The van der Waals surface area contributed by atoms with Gasteiger partial charge < -0.3 is 9.64 Å². The van der Waals surface area contributed by atoms with Gasteiger partial charge in [0.05, 0.1) is 19.4 Å². The maximum atomic E-state index is 12.9. The fraction of sp³-hybridized carbons (Fsp3) is 0.600. The predicted octanol–water partition coefficient (Wildman–Crippen LogP) is 3.73. The van der Waals surface area contributed by atoms with Crippen LogP contribution in [0.4, 0.5) is 0 Å². The lowest BCUT2D eigenvalue weighted by atomic mass is 10.0. The zero-order valence-corrected chi connectivity index (χ0v) is 14.7. The summed E-state index contributed by atoms with van der Waals surface area (Å²) in [6.45, 7) is 2.66. The number of amides is 1. The first-order valence-corrected chi connectivity index (χ1v) is 9.19. The first-order valence-electron chi connectivity index (χ1n) is 9.19. The number of carbonyl (C=O) groups excluding carboxylic acids is 2. The monoisotopic (exact) mass is 331 g/mol. The van der Waals surface area contributed by atoms with E-state index in [4.69, 9.17) is 4.74 Å². The Labute approximate surface area is 145 Å². The molecule has 0 bridgehead atoms. The maximum absolute atomic E-state index is 12.9.